The lowest BCUT2D eigenvalue weighted by Crippen LogP contribution is -2.19. The van der Waals surface area contributed by atoms with E-state index in [4.69, 9.17) is 9.26 Å². The number of hydrogen-bond acceptors (Lipinski definition) is 5. The quantitative estimate of drug-likeness (QED) is 0.689. The summed E-state index contributed by atoms with van der Waals surface area (Å²) in [5.41, 5.74) is 0. The molecule has 1 unspecified atom stereocenters. The maximum atomic E-state index is 5.34. The summed E-state index contributed by atoms with van der Waals surface area (Å²) in [7, 11) is 0. The van der Waals surface area contributed by atoms with Crippen molar-refractivity contribution < 1.29 is 9.26 Å². The topological polar surface area (TPSA) is 60.2 Å². The molecule has 0 aliphatic rings. The van der Waals surface area contributed by atoms with Gasteiger partial charge in [0.05, 0.1) is 6.04 Å². The Morgan fingerprint density at radius 3 is 2.88 bits per heavy atom. The fourth-order valence-electron chi connectivity index (χ4n) is 1.26. The molecule has 5 heteroatoms. The fourth-order valence-corrected chi connectivity index (χ4v) is 1.26. The van der Waals surface area contributed by atoms with Crippen LogP contribution in [0.2, 0.25) is 0 Å². The van der Waals surface area contributed by atoms with Crippen LogP contribution in [0.3, 0.4) is 0 Å². The minimum absolute atomic E-state index is 0.104. The molecule has 0 amide bonds. The minimum Gasteiger partial charge on any atom is -0.373 e. The molecule has 0 saturated carbocycles. The van der Waals surface area contributed by atoms with Crippen LogP contribution in [0.25, 0.3) is 0 Å². The van der Waals surface area contributed by atoms with Crippen molar-refractivity contribution in [2.24, 2.45) is 0 Å². The van der Waals surface area contributed by atoms with Crippen LogP contribution in [0.5, 0.6) is 0 Å². The van der Waals surface area contributed by atoms with Crippen LogP contribution < -0.4 is 5.32 Å². The predicted molar refractivity (Wildman–Crippen MR) is 61.0 cm³/mol. The van der Waals surface area contributed by atoms with Gasteiger partial charge in [-0.2, -0.15) is 4.98 Å². The van der Waals surface area contributed by atoms with Crippen molar-refractivity contribution in [2.75, 3.05) is 13.2 Å². The zero-order valence-corrected chi connectivity index (χ0v) is 10.3. The first-order chi connectivity index (χ1) is 7.77. The van der Waals surface area contributed by atoms with Crippen molar-refractivity contribution in [2.45, 2.75) is 46.3 Å². The summed E-state index contributed by atoms with van der Waals surface area (Å²) in [6, 6.07) is 0.104. The zero-order valence-electron chi connectivity index (χ0n) is 10.3. The molecule has 1 N–H and O–H groups in total. The first-order valence-corrected chi connectivity index (χ1v) is 5.91. The number of ether oxygens (including phenoxy) is 1. The number of rotatable bonds is 8. The molecule has 5 nitrogen and oxygen atoms in total. The molecule has 0 aromatic carbocycles. The number of aromatic nitrogens is 2. The highest BCUT2D eigenvalue weighted by Gasteiger charge is 2.12. The van der Waals surface area contributed by atoms with Crippen LogP contribution in [0.1, 0.15) is 51.4 Å². The second-order valence-electron chi connectivity index (χ2n) is 3.78. The molecule has 0 spiro atoms. The van der Waals surface area contributed by atoms with E-state index >= 15 is 0 Å². The second kappa shape index (κ2) is 7.35. The normalized spacial score (nSPS) is 12.9. The van der Waals surface area contributed by atoms with Crippen LogP contribution in [0.15, 0.2) is 4.52 Å². The molecule has 1 rings (SSSR count). The van der Waals surface area contributed by atoms with E-state index in [-0.39, 0.29) is 6.04 Å². The summed E-state index contributed by atoms with van der Waals surface area (Å²) in [5.74, 6) is 1.25. The summed E-state index contributed by atoms with van der Waals surface area (Å²) >= 11 is 0. The van der Waals surface area contributed by atoms with Crippen LogP contribution in [0, 0.1) is 0 Å². The van der Waals surface area contributed by atoms with Crippen LogP contribution >= 0.6 is 0 Å². The Morgan fingerprint density at radius 1 is 1.38 bits per heavy atom. The Kier molecular flexibility index (Phi) is 6.03. The van der Waals surface area contributed by atoms with Gasteiger partial charge in [0.25, 0.3) is 0 Å². The van der Waals surface area contributed by atoms with Crippen molar-refractivity contribution >= 4 is 0 Å². The van der Waals surface area contributed by atoms with E-state index < -0.39 is 0 Å². The number of nitrogens with one attached hydrogen (secondary N) is 1. The Labute approximate surface area is 96.6 Å². The second-order valence-corrected chi connectivity index (χ2v) is 3.78. The maximum Gasteiger partial charge on any atom is 0.243 e. The lowest BCUT2D eigenvalue weighted by molar-refractivity contribution is 0.114. The van der Waals surface area contributed by atoms with Gasteiger partial charge in [-0.05, 0) is 26.3 Å². The Hall–Kier alpha value is -0.940. The molecular weight excluding hydrogens is 206 g/mol. The lowest BCUT2D eigenvalue weighted by Gasteiger charge is -2.06. The maximum absolute atomic E-state index is 5.34. The lowest BCUT2D eigenvalue weighted by atomic mass is 10.3. The third-order valence-electron chi connectivity index (χ3n) is 2.13. The number of nitrogens with zero attached hydrogens (tertiary/aromatic N) is 2. The van der Waals surface area contributed by atoms with Gasteiger partial charge in [0.2, 0.25) is 5.89 Å². The van der Waals surface area contributed by atoms with Gasteiger partial charge in [-0.15, -0.1) is 0 Å². The molecule has 0 aliphatic carbocycles. The largest absolute Gasteiger partial charge is 0.373 e. The van der Waals surface area contributed by atoms with E-state index in [9.17, 15) is 0 Å². The average molecular weight is 227 g/mol. The predicted octanol–water partition coefficient (Wildman–Crippen LogP) is 2.06. The van der Waals surface area contributed by atoms with Crippen molar-refractivity contribution in [3.05, 3.63) is 11.7 Å². The van der Waals surface area contributed by atoms with Crippen LogP contribution in [-0.4, -0.2) is 23.3 Å². The summed E-state index contributed by atoms with van der Waals surface area (Å²) in [6.07, 6.45) is 2.09. The van der Waals surface area contributed by atoms with Gasteiger partial charge >= 0.3 is 0 Å². The number of hydrogen-bond donors (Lipinski definition) is 1. The van der Waals surface area contributed by atoms with Crippen LogP contribution in [-0.2, 0) is 11.3 Å². The summed E-state index contributed by atoms with van der Waals surface area (Å²) in [5, 5.41) is 7.16. The highest BCUT2D eigenvalue weighted by atomic mass is 16.5. The minimum atomic E-state index is 0.104. The van der Waals surface area contributed by atoms with Crippen molar-refractivity contribution in [3.63, 3.8) is 0 Å². The highest BCUT2D eigenvalue weighted by Crippen LogP contribution is 2.09. The van der Waals surface area contributed by atoms with E-state index in [1.807, 2.05) is 6.92 Å². The van der Waals surface area contributed by atoms with Gasteiger partial charge < -0.3 is 14.6 Å². The molecule has 0 radical (unpaired) electrons. The Bertz CT molecular complexity index is 289. The standard InChI is InChI=1S/C11H21N3O2/c1-4-6-12-9(3)11-13-10(14-16-11)8-15-7-5-2/h9,12H,4-8H2,1-3H3. The molecule has 0 fully saturated rings. The first kappa shape index (κ1) is 13.1. The van der Waals surface area contributed by atoms with Gasteiger partial charge in [0.1, 0.15) is 6.61 Å². The van der Waals surface area contributed by atoms with E-state index in [0.717, 1.165) is 26.0 Å². The molecule has 0 aliphatic heterocycles. The SMILES string of the molecule is CCCNC(C)c1nc(COCCC)no1. The van der Waals surface area contributed by atoms with Gasteiger partial charge in [0.15, 0.2) is 5.82 Å². The molecular formula is C11H21N3O2. The summed E-state index contributed by atoms with van der Waals surface area (Å²) < 4.78 is 10.5. The molecule has 1 atom stereocenters. The molecule has 1 heterocycles. The molecule has 0 bridgehead atoms. The smallest absolute Gasteiger partial charge is 0.243 e. The summed E-state index contributed by atoms with van der Waals surface area (Å²) in [4.78, 5) is 4.27. The fraction of sp³-hybridized carbons (Fsp3) is 0.818. The third-order valence-corrected chi connectivity index (χ3v) is 2.13. The Balaban J connectivity index is 2.37. The highest BCUT2D eigenvalue weighted by molar-refractivity contribution is 4.90. The van der Waals surface area contributed by atoms with E-state index in [2.05, 4.69) is 29.3 Å². The first-order valence-electron chi connectivity index (χ1n) is 5.91. The van der Waals surface area contributed by atoms with E-state index in [1.165, 1.54) is 0 Å². The zero-order chi connectivity index (χ0) is 11.8. The van der Waals surface area contributed by atoms with Gasteiger partial charge in [-0.25, -0.2) is 0 Å². The van der Waals surface area contributed by atoms with Crippen LogP contribution in [0.4, 0.5) is 0 Å². The summed E-state index contributed by atoms with van der Waals surface area (Å²) in [6.45, 7) is 8.31. The third kappa shape index (κ3) is 4.28. The van der Waals surface area contributed by atoms with E-state index in [1.54, 1.807) is 0 Å². The monoisotopic (exact) mass is 227 g/mol. The molecule has 1 aromatic rings. The van der Waals surface area contributed by atoms with Crippen molar-refractivity contribution in [1.82, 2.24) is 15.5 Å². The van der Waals surface area contributed by atoms with Gasteiger partial charge in [-0.3, -0.25) is 0 Å². The van der Waals surface area contributed by atoms with Gasteiger partial charge in [0, 0.05) is 6.61 Å². The van der Waals surface area contributed by atoms with Crippen molar-refractivity contribution in [1.29, 1.82) is 0 Å². The van der Waals surface area contributed by atoms with E-state index in [0.29, 0.717) is 18.3 Å². The van der Waals surface area contributed by atoms with Crippen molar-refractivity contribution in [3.8, 4) is 0 Å². The molecule has 92 valence electrons. The molecule has 1 aromatic heterocycles. The van der Waals surface area contributed by atoms with Gasteiger partial charge in [-0.1, -0.05) is 19.0 Å². The average Bonchev–Trinajstić information content (AvgIpc) is 2.75. The molecule has 0 saturated heterocycles. The Morgan fingerprint density at radius 2 is 2.19 bits per heavy atom. The molecule has 16 heavy (non-hydrogen) atoms.